The second-order valence-electron chi connectivity index (χ2n) is 1.87. The molecular formula is C3H3F4NO4S2. The van der Waals surface area contributed by atoms with E-state index in [1.54, 1.807) is 0 Å². The molecule has 0 heterocycles. The van der Waals surface area contributed by atoms with Crippen molar-refractivity contribution in [2.24, 2.45) is 0 Å². The van der Waals surface area contributed by atoms with Crippen molar-refractivity contribution in [3.63, 3.8) is 0 Å². The maximum absolute atomic E-state index is 12.3. The van der Waals surface area contributed by atoms with Crippen LogP contribution in [0.3, 0.4) is 0 Å². The van der Waals surface area contributed by atoms with Crippen LogP contribution in [0.5, 0.6) is 0 Å². The molecule has 1 atom stereocenters. The van der Waals surface area contributed by atoms with Crippen molar-refractivity contribution in [2.75, 3.05) is 0 Å². The third-order valence-corrected chi connectivity index (χ3v) is 3.22. The Balaban J connectivity index is 4.92. The van der Waals surface area contributed by atoms with Crippen LogP contribution in [0.2, 0.25) is 0 Å². The van der Waals surface area contributed by atoms with Crippen molar-refractivity contribution < 1.29 is 33.9 Å². The third kappa shape index (κ3) is 5.14. The van der Waals surface area contributed by atoms with Gasteiger partial charge in [0, 0.05) is 6.08 Å². The van der Waals surface area contributed by atoms with Crippen molar-refractivity contribution in [3.05, 3.63) is 12.2 Å². The summed E-state index contributed by atoms with van der Waals surface area (Å²) in [6.07, 6.45) is -3.37. The number of hydrogen-bond acceptors (Lipinski definition) is 4. The Kier molecular flexibility index (Phi) is 4.02. The molecule has 5 nitrogen and oxygen atoms in total. The quantitative estimate of drug-likeness (QED) is 0.576. The monoisotopic (exact) mass is 257 g/mol. The number of sulfonamides is 1. The molecule has 0 saturated heterocycles. The van der Waals surface area contributed by atoms with E-state index in [9.17, 15) is 33.9 Å². The topological polar surface area (TPSA) is 80.3 Å². The van der Waals surface area contributed by atoms with Gasteiger partial charge in [-0.25, -0.2) is 12.8 Å². The molecule has 0 aromatic carbocycles. The number of rotatable bonds is 4. The second-order valence-corrected chi connectivity index (χ2v) is 4.96. The summed E-state index contributed by atoms with van der Waals surface area (Å²) in [5.74, 6) is 0. The summed E-state index contributed by atoms with van der Waals surface area (Å²) in [7, 11) is -11.1. The molecule has 1 unspecified atom stereocenters. The molecular weight excluding hydrogens is 254 g/mol. The maximum atomic E-state index is 12.3. The van der Waals surface area contributed by atoms with E-state index < -0.39 is 38.1 Å². The molecule has 14 heavy (non-hydrogen) atoms. The summed E-state index contributed by atoms with van der Waals surface area (Å²) in [5.41, 5.74) is -3.35. The van der Waals surface area contributed by atoms with Gasteiger partial charge in [0.2, 0.25) is 5.50 Å². The van der Waals surface area contributed by atoms with Crippen molar-refractivity contribution in [3.8, 4) is 0 Å². The van der Waals surface area contributed by atoms with E-state index in [1.165, 1.54) is 0 Å². The fraction of sp³-hybridized carbons (Fsp3) is 0.333. The van der Waals surface area contributed by atoms with Gasteiger partial charge in [-0.05, 0) is 0 Å². The van der Waals surface area contributed by atoms with Gasteiger partial charge < -0.3 is 0 Å². The summed E-state index contributed by atoms with van der Waals surface area (Å²) < 4.78 is 87.1. The largest absolute Gasteiger partial charge is 0.385 e. The van der Waals surface area contributed by atoms with E-state index in [-0.39, 0.29) is 4.13 Å². The first-order valence-corrected chi connectivity index (χ1v) is 5.61. The van der Waals surface area contributed by atoms with E-state index in [0.717, 1.165) is 0 Å². The highest BCUT2D eigenvalue weighted by molar-refractivity contribution is 8.02. The highest BCUT2D eigenvalue weighted by Crippen LogP contribution is 2.09. The molecule has 0 saturated carbocycles. The average molecular weight is 257 g/mol. The summed E-state index contributed by atoms with van der Waals surface area (Å²) in [4.78, 5) is 0. The zero-order valence-electron chi connectivity index (χ0n) is 6.12. The molecule has 0 radical (unpaired) electrons. The standard InChI is InChI=1S/C3H3F4NO4S2/c4-2(5)1-3(6)13(9,10)8-14(7,11)12/h1,3,8H. The van der Waals surface area contributed by atoms with Crippen LogP contribution < -0.4 is 4.13 Å². The van der Waals surface area contributed by atoms with Crippen LogP contribution in [0.1, 0.15) is 0 Å². The normalized spacial score (nSPS) is 14.9. The predicted octanol–water partition coefficient (Wildman–Crippen LogP) is 0.196. The zero-order valence-corrected chi connectivity index (χ0v) is 7.75. The minimum atomic E-state index is -5.71. The van der Waals surface area contributed by atoms with Crippen LogP contribution in [0.4, 0.5) is 17.1 Å². The van der Waals surface area contributed by atoms with Gasteiger partial charge in [0.15, 0.2) is 0 Å². The Morgan fingerprint density at radius 2 is 1.64 bits per heavy atom. The fourth-order valence-electron chi connectivity index (χ4n) is 0.373. The van der Waals surface area contributed by atoms with Gasteiger partial charge in [0.05, 0.1) is 0 Å². The maximum Gasteiger partial charge on any atom is 0.385 e. The highest BCUT2D eigenvalue weighted by atomic mass is 32.3. The molecule has 0 aromatic rings. The van der Waals surface area contributed by atoms with E-state index in [4.69, 9.17) is 0 Å². The van der Waals surface area contributed by atoms with Gasteiger partial charge >= 0.3 is 10.4 Å². The first-order chi connectivity index (χ1) is 6.04. The lowest BCUT2D eigenvalue weighted by Crippen LogP contribution is -2.33. The minimum absolute atomic E-state index is 0.225. The minimum Gasteiger partial charge on any atom is -0.224 e. The average Bonchev–Trinajstić information content (AvgIpc) is 1.78. The first-order valence-electron chi connectivity index (χ1n) is 2.68. The Hall–Kier alpha value is -0.680. The van der Waals surface area contributed by atoms with E-state index in [1.807, 2.05) is 0 Å². The predicted molar refractivity (Wildman–Crippen MR) is 37.3 cm³/mol. The lowest BCUT2D eigenvalue weighted by Gasteiger charge is -2.02. The third-order valence-electron chi connectivity index (χ3n) is 0.769. The molecule has 11 heteroatoms. The molecule has 0 aliphatic heterocycles. The molecule has 0 aromatic heterocycles. The van der Waals surface area contributed by atoms with Crippen LogP contribution in [0.15, 0.2) is 12.2 Å². The molecule has 0 aliphatic rings. The first kappa shape index (κ1) is 13.3. The van der Waals surface area contributed by atoms with Crippen molar-refractivity contribution in [2.45, 2.75) is 5.50 Å². The number of hydrogen-bond donors (Lipinski definition) is 1. The van der Waals surface area contributed by atoms with Crippen LogP contribution in [0, 0.1) is 0 Å². The smallest absolute Gasteiger partial charge is 0.224 e. The molecule has 0 rings (SSSR count). The van der Waals surface area contributed by atoms with E-state index in [2.05, 4.69) is 0 Å². The van der Waals surface area contributed by atoms with E-state index in [0.29, 0.717) is 0 Å². The SMILES string of the molecule is O=S(=O)(F)NS(=O)(=O)C(F)C=C(F)F. The summed E-state index contributed by atoms with van der Waals surface area (Å²) in [6.45, 7) is 0. The lowest BCUT2D eigenvalue weighted by molar-refractivity contribution is 0.396. The molecule has 0 fully saturated rings. The van der Waals surface area contributed by atoms with Gasteiger partial charge in [-0.3, -0.25) is 0 Å². The van der Waals surface area contributed by atoms with Gasteiger partial charge in [0.25, 0.3) is 16.1 Å². The van der Waals surface area contributed by atoms with Crippen molar-refractivity contribution in [1.29, 1.82) is 0 Å². The summed E-state index contributed by atoms with van der Waals surface area (Å²) in [6, 6.07) is 0. The highest BCUT2D eigenvalue weighted by Gasteiger charge is 2.29. The van der Waals surface area contributed by atoms with Gasteiger partial charge in [-0.2, -0.15) is 17.2 Å². The molecule has 0 bridgehead atoms. The Morgan fingerprint density at radius 3 is 1.93 bits per heavy atom. The van der Waals surface area contributed by atoms with Gasteiger partial charge in [0.1, 0.15) is 0 Å². The van der Waals surface area contributed by atoms with Crippen LogP contribution in [-0.2, 0) is 20.4 Å². The van der Waals surface area contributed by atoms with Crippen LogP contribution in [0.25, 0.3) is 0 Å². The molecule has 0 amide bonds. The fourth-order valence-corrected chi connectivity index (χ4v) is 2.13. The van der Waals surface area contributed by atoms with Gasteiger partial charge in [-0.1, -0.05) is 8.01 Å². The number of halogens is 4. The Bertz CT molecular complexity index is 422. The molecule has 0 spiro atoms. The Morgan fingerprint density at radius 1 is 1.21 bits per heavy atom. The molecule has 0 aliphatic carbocycles. The van der Waals surface area contributed by atoms with Crippen LogP contribution in [-0.4, -0.2) is 22.3 Å². The summed E-state index contributed by atoms with van der Waals surface area (Å²) in [5, 5.41) is 0. The van der Waals surface area contributed by atoms with Crippen molar-refractivity contribution in [1.82, 2.24) is 4.13 Å². The van der Waals surface area contributed by atoms with Crippen molar-refractivity contribution >= 4 is 20.4 Å². The van der Waals surface area contributed by atoms with Crippen LogP contribution >= 0.6 is 0 Å². The summed E-state index contributed by atoms with van der Waals surface area (Å²) >= 11 is 0. The molecule has 84 valence electrons. The second kappa shape index (κ2) is 4.23. The Labute approximate surface area is 76.8 Å². The number of nitrogens with one attached hydrogen (secondary N) is 1. The number of alkyl halides is 1. The molecule has 1 N–H and O–H groups in total. The lowest BCUT2D eigenvalue weighted by atomic mass is 10.7. The van der Waals surface area contributed by atoms with E-state index >= 15 is 0 Å². The van der Waals surface area contributed by atoms with Gasteiger partial charge in [-0.15, -0.1) is 0 Å². The zero-order chi connectivity index (χ0) is 11.6.